The van der Waals surface area contributed by atoms with E-state index in [1.165, 1.54) is 0 Å². The van der Waals surface area contributed by atoms with Crippen LogP contribution >= 0.6 is 15.9 Å². The van der Waals surface area contributed by atoms with Crippen molar-refractivity contribution in [3.8, 4) is 0 Å². The Bertz CT molecular complexity index is 1370. The van der Waals surface area contributed by atoms with E-state index in [1.54, 1.807) is 34.0 Å². The topological polar surface area (TPSA) is 99.9 Å². The van der Waals surface area contributed by atoms with Gasteiger partial charge < -0.3 is 4.98 Å². The number of nitrogens with one attached hydrogen (secondary N) is 1. The summed E-state index contributed by atoms with van der Waals surface area (Å²) >= 11 is 3.30. The Hall–Kier alpha value is -2.72. The lowest BCUT2D eigenvalue weighted by molar-refractivity contribution is 0.475. The molecule has 30 heavy (non-hydrogen) atoms. The molecule has 0 aliphatic carbocycles. The first-order valence-electron chi connectivity index (χ1n) is 9.42. The number of rotatable bonds is 4. The Morgan fingerprint density at radius 2 is 2.03 bits per heavy atom. The summed E-state index contributed by atoms with van der Waals surface area (Å²) in [7, 11) is -3.76. The third kappa shape index (κ3) is 3.50. The molecule has 4 rings (SSSR count). The molecule has 0 saturated carbocycles. The van der Waals surface area contributed by atoms with E-state index in [1.807, 2.05) is 39.0 Å². The van der Waals surface area contributed by atoms with Gasteiger partial charge in [0.15, 0.2) is 5.84 Å². The van der Waals surface area contributed by atoms with E-state index in [9.17, 15) is 13.2 Å². The number of aromatic nitrogens is 2. The van der Waals surface area contributed by atoms with Crippen LogP contribution in [0.25, 0.3) is 11.0 Å². The summed E-state index contributed by atoms with van der Waals surface area (Å²) < 4.78 is 31.2. The maximum atomic E-state index is 12.4. The van der Waals surface area contributed by atoms with E-state index in [4.69, 9.17) is 0 Å². The fraction of sp³-hybridized carbons (Fsp3) is 0.250. The largest absolute Gasteiger partial charge is 0.326 e. The number of benzene rings is 2. The second-order valence-electron chi connectivity index (χ2n) is 7.16. The van der Waals surface area contributed by atoms with Crippen molar-refractivity contribution >= 4 is 49.0 Å². The van der Waals surface area contributed by atoms with Gasteiger partial charge in [-0.25, -0.2) is 9.80 Å². The van der Waals surface area contributed by atoms with Crippen LogP contribution in [-0.4, -0.2) is 41.6 Å². The molecule has 10 heteroatoms. The quantitative estimate of drug-likeness (QED) is 0.447. The van der Waals surface area contributed by atoms with E-state index in [-0.39, 0.29) is 22.5 Å². The SMILES string of the molecule is CCN(/N=C/c1ccc2[nH]c(=O)n(C(C)C)c2c1)C1=NS(=O)(=O)c2cc(Br)ccc21. The van der Waals surface area contributed by atoms with Crippen molar-refractivity contribution in [2.45, 2.75) is 31.7 Å². The van der Waals surface area contributed by atoms with Crippen molar-refractivity contribution in [2.24, 2.45) is 9.50 Å². The first kappa shape index (κ1) is 20.5. The molecule has 1 aromatic heterocycles. The summed E-state index contributed by atoms with van der Waals surface area (Å²) in [6.07, 6.45) is 1.64. The molecule has 0 saturated heterocycles. The van der Waals surface area contributed by atoms with Gasteiger partial charge in [0, 0.05) is 22.6 Å². The molecule has 2 aromatic carbocycles. The van der Waals surface area contributed by atoms with Crippen LogP contribution in [0.3, 0.4) is 0 Å². The number of nitrogens with zero attached hydrogens (tertiary/aromatic N) is 4. The number of hydrogen-bond donors (Lipinski definition) is 1. The zero-order valence-corrected chi connectivity index (χ0v) is 19.0. The fourth-order valence-electron chi connectivity index (χ4n) is 3.45. The molecule has 0 bridgehead atoms. The molecule has 1 aliphatic heterocycles. The van der Waals surface area contributed by atoms with E-state index >= 15 is 0 Å². The van der Waals surface area contributed by atoms with Gasteiger partial charge in [-0.3, -0.25) is 4.57 Å². The number of hydrogen-bond acceptors (Lipinski definition) is 5. The Kier molecular flexibility index (Phi) is 5.15. The lowest BCUT2D eigenvalue weighted by atomic mass is 10.2. The summed E-state index contributed by atoms with van der Waals surface area (Å²) in [4.78, 5) is 15.2. The Morgan fingerprint density at radius 1 is 1.27 bits per heavy atom. The van der Waals surface area contributed by atoms with E-state index < -0.39 is 10.0 Å². The molecule has 8 nitrogen and oxygen atoms in total. The van der Waals surface area contributed by atoms with Crippen LogP contribution < -0.4 is 5.69 Å². The standard InChI is InChI=1S/C20H20BrN5O3S/c1-4-25(19-15-7-6-14(21)10-18(15)30(28,29)24-19)22-11-13-5-8-16-17(9-13)26(12(2)3)20(27)23-16/h5-12H,4H2,1-3H3,(H,23,27)/b22-11+. The van der Waals surface area contributed by atoms with Gasteiger partial charge in [0.1, 0.15) is 4.90 Å². The Morgan fingerprint density at radius 3 is 2.73 bits per heavy atom. The van der Waals surface area contributed by atoms with Crippen molar-refractivity contribution < 1.29 is 8.42 Å². The van der Waals surface area contributed by atoms with Crippen LogP contribution in [0.5, 0.6) is 0 Å². The van der Waals surface area contributed by atoms with Crippen LogP contribution in [0, 0.1) is 0 Å². The van der Waals surface area contributed by atoms with Crippen molar-refractivity contribution in [3.63, 3.8) is 0 Å². The van der Waals surface area contributed by atoms with Crippen molar-refractivity contribution in [3.05, 3.63) is 62.5 Å². The monoisotopic (exact) mass is 489 g/mol. The van der Waals surface area contributed by atoms with E-state index in [0.717, 1.165) is 16.6 Å². The molecule has 0 spiro atoms. The van der Waals surface area contributed by atoms with Gasteiger partial charge in [0.25, 0.3) is 10.0 Å². The molecule has 0 unspecified atom stereocenters. The first-order chi connectivity index (χ1) is 14.2. The highest BCUT2D eigenvalue weighted by Crippen LogP contribution is 2.30. The Balaban J connectivity index is 1.72. The zero-order valence-electron chi connectivity index (χ0n) is 16.6. The lowest BCUT2D eigenvalue weighted by Gasteiger charge is -2.16. The minimum Gasteiger partial charge on any atom is -0.306 e. The molecule has 0 amide bonds. The van der Waals surface area contributed by atoms with Crippen molar-refractivity contribution in [1.82, 2.24) is 14.6 Å². The molecular weight excluding hydrogens is 470 g/mol. The molecule has 1 N–H and O–H groups in total. The number of halogens is 1. The van der Waals surface area contributed by atoms with Crippen LogP contribution in [-0.2, 0) is 10.0 Å². The number of fused-ring (bicyclic) bond motifs is 2. The number of aromatic amines is 1. The fourth-order valence-corrected chi connectivity index (χ4v) is 5.19. The highest BCUT2D eigenvalue weighted by atomic mass is 79.9. The highest BCUT2D eigenvalue weighted by Gasteiger charge is 2.31. The second-order valence-corrected chi connectivity index (χ2v) is 9.65. The molecule has 0 fully saturated rings. The molecule has 2 heterocycles. The normalized spacial score (nSPS) is 15.2. The van der Waals surface area contributed by atoms with Gasteiger partial charge in [-0.15, -0.1) is 4.40 Å². The predicted molar refractivity (Wildman–Crippen MR) is 121 cm³/mol. The average molecular weight is 490 g/mol. The molecule has 3 aromatic rings. The van der Waals surface area contributed by atoms with E-state index in [0.29, 0.717) is 16.6 Å². The number of sulfonamides is 1. The van der Waals surface area contributed by atoms with Crippen molar-refractivity contribution in [2.75, 3.05) is 6.54 Å². The highest BCUT2D eigenvalue weighted by molar-refractivity contribution is 9.10. The van der Waals surface area contributed by atoms with Gasteiger partial charge in [-0.1, -0.05) is 22.0 Å². The van der Waals surface area contributed by atoms with Gasteiger partial charge in [-0.2, -0.15) is 13.5 Å². The number of hydrazone groups is 1. The molecule has 0 atom stereocenters. The van der Waals surface area contributed by atoms with Crippen molar-refractivity contribution in [1.29, 1.82) is 0 Å². The van der Waals surface area contributed by atoms with Crippen LogP contribution in [0.1, 0.15) is 37.9 Å². The Labute approximate surface area is 182 Å². The lowest BCUT2D eigenvalue weighted by Crippen LogP contribution is -2.25. The molecule has 1 aliphatic rings. The smallest absolute Gasteiger partial charge is 0.306 e. The molecular formula is C20H20BrN5O3S. The summed E-state index contributed by atoms with van der Waals surface area (Å²) in [6.45, 7) is 6.20. The zero-order chi connectivity index (χ0) is 21.6. The first-order valence-corrected chi connectivity index (χ1v) is 11.6. The minimum atomic E-state index is -3.76. The third-order valence-corrected chi connectivity index (χ3v) is 6.62. The van der Waals surface area contributed by atoms with Crippen LogP contribution in [0.4, 0.5) is 0 Å². The number of amidine groups is 1. The van der Waals surface area contributed by atoms with Gasteiger partial charge in [-0.05, 0) is 56.7 Å². The summed E-state index contributed by atoms with van der Waals surface area (Å²) in [6, 6.07) is 10.6. The van der Waals surface area contributed by atoms with Gasteiger partial charge in [0.05, 0.1) is 17.2 Å². The maximum Gasteiger partial charge on any atom is 0.326 e. The predicted octanol–water partition coefficient (Wildman–Crippen LogP) is 3.48. The number of imidazole rings is 1. The molecule has 0 radical (unpaired) electrons. The molecule has 156 valence electrons. The van der Waals surface area contributed by atoms with E-state index in [2.05, 4.69) is 30.4 Å². The summed E-state index contributed by atoms with van der Waals surface area (Å²) in [5, 5.41) is 6.02. The average Bonchev–Trinajstić information content (AvgIpc) is 3.15. The summed E-state index contributed by atoms with van der Waals surface area (Å²) in [5.74, 6) is 0.290. The van der Waals surface area contributed by atoms with Crippen LogP contribution in [0.2, 0.25) is 0 Å². The minimum absolute atomic E-state index is 0.0134. The maximum absolute atomic E-state index is 12.4. The van der Waals surface area contributed by atoms with Gasteiger partial charge in [0.2, 0.25) is 0 Å². The van der Waals surface area contributed by atoms with Crippen LogP contribution in [0.15, 0.2) is 60.1 Å². The van der Waals surface area contributed by atoms with Gasteiger partial charge >= 0.3 is 5.69 Å². The number of H-pyrrole nitrogens is 1. The second kappa shape index (κ2) is 7.51. The summed E-state index contributed by atoms with van der Waals surface area (Å²) in [5.41, 5.74) is 2.69. The third-order valence-electron chi connectivity index (χ3n) is 4.82.